The molecule has 0 saturated heterocycles. The standard InChI is InChI=1S/C15H30N6O2/c16-14(17)20-12(22)10-8-6-4-2-1-3-5-7-9-11-13(23)21-15(18)19/h1-11H2,(H4,16,17,20,22)(H4,18,19,21,23). The van der Waals surface area contributed by atoms with Crippen molar-refractivity contribution in [2.75, 3.05) is 0 Å². The van der Waals surface area contributed by atoms with Crippen LogP contribution in [0.3, 0.4) is 0 Å². The number of guanidine groups is 2. The van der Waals surface area contributed by atoms with E-state index in [1.807, 2.05) is 0 Å². The first-order valence-corrected chi connectivity index (χ1v) is 8.16. The third kappa shape index (κ3) is 16.1. The highest BCUT2D eigenvalue weighted by molar-refractivity contribution is 5.91. The molecule has 8 N–H and O–H groups in total. The van der Waals surface area contributed by atoms with E-state index in [0.29, 0.717) is 12.8 Å². The highest BCUT2D eigenvalue weighted by Crippen LogP contribution is 2.11. The predicted molar refractivity (Wildman–Crippen MR) is 92.4 cm³/mol. The van der Waals surface area contributed by atoms with Gasteiger partial charge in [-0.1, -0.05) is 44.9 Å². The first kappa shape index (κ1) is 20.9. The maximum Gasteiger partial charge on any atom is 0.248 e. The van der Waals surface area contributed by atoms with Crippen molar-refractivity contribution in [3.05, 3.63) is 0 Å². The largest absolute Gasteiger partial charge is 0.370 e. The Kier molecular flexibility index (Phi) is 12.3. The van der Waals surface area contributed by atoms with Crippen molar-refractivity contribution < 1.29 is 9.59 Å². The SMILES string of the molecule is NC(N)=NC(=O)CCCCCCCCCCCC(=O)N=C(N)N. The number of carbonyl (C=O) groups is 2. The van der Waals surface area contributed by atoms with Gasteiger partial charge in [0.15, 0.2) is 11.9 Å². The Morgan fingerprint density at radius 3 is 1.04 bits per heavy atom. The highest BCUT2D eigenvalue weighted by atomic mass is 16.1. The van der Waals surface area contributed by atoms with Crippen LogP contribution in [0.1, 0.15) is 70.6 Å². The van der Waals surface area contributed by atoms with Gasteiger partial charge in [0.25, 0.3) is 0 Å². The molecular weight excluding hydrogens is 296 g/mol. The molecule has 0 spiro atoms. The lowest BCUT2D eigenvalue weighted by Crippen LogP contribution is -2.24. The van der Waals surface area contributed by atoms with Gasteiger partial charge >= 0.3 is 0 Å². The van der Waals surface area contributed by atoms with Gasteiger partial charge in [0, 0.05) is 12.8 Å². The normalized spacial score (nSPS) is 10.1. The summed E-state index contributed by atoms with van der Waals surface area (Å²) in [5, 5.41) is 0. The molecule has 0 fully saturated rings. The Balaban J connectivity index is 3.31. The van der Waals surface area contributed by atoms with Gasteiger partial charge in [-0.15, -0.1) is 0 Å². The molecule has 0 rings (SSSR count). The number of nitrogens with zero attached hydrogens (tertiary/aromatic N) is 2. The van der Waals surface area contributed by atoms with Gasteiger partial charge < -0.3 is 22.9 Å². The van der Waals surface area contributed by atoms with E-state index in [-0.39, 0.29) is 23.7 Å². The van der Waals surface area contributed by atoms with Gasteiger partial charge in [0.2, 0.25) is 11.8 Å². The molecule has 0 aliphatic rings. The Morgan fingerprint density at radius 2 is 0.783 bits per heavy atom. The van der Waals surface area contributed by atoms with Crippen LogP contribution in [0.2, 0.25) is 0 Å². The van der Waals surface area contributed by atoms with E-state index in [9.17, 15) is 9.59 Å². The van der Waals surface area contributed by atoms with Crippen molar-refractivity contribution in [1.29, 1.82) is 0 Å². The zero-order valence-electron chi connectivity index (χ0n) is 13.8. The van der Waals surface area contributed by atoms with E-state index in [2.05, 4.69) is 9.98 Å². The summed E-state index contributed by atoms with van der Waals surface area (Å²) in [5.74, 6) is -0.842. The summed E-state index contributed by atoms with van der Waals surface area (Å²) in [6.07, 6.45) is 10.2. The van der Waals surface area contributed by atoms with Crippen LogP contribution in [0.15, 0.2) is 9.98 Å². The van der Waals surface area contributed by atoms with E-state index < -0.39 is 0 Å². The molecule has 132 valence electrons. The number of unbranched alkanes of at least 4 members (excludes halogenated alkanes) is 8. The molecule has 0 aromatic rings. The molecule has 0 bridgehead atoms. The van der Waals surface area contributed by atoms with Crippen molar-refractivity contribution in [2.45, 2.75) is 70.6 Å². The number of carbonyl (C=O) groups excluding carboxylic acids is 2. The summed E-state index contributed by atoms with van der Waals surface area (Å²) in [6.45, 7) is 0. The fraction of sp³-hybridized carbons (Fsp3) is 0.733. The minimum Gasteiger partial charge on any atom is -0.370 e. The zero-order valence-corrected chi connectivity index (χ0v) is 13.8. The van der Waals surface area contributed by atoms with Gasteiger partial charge in [-0.2, -0.15) is 9.98 Å². The highest BCUT2D eigenvalue weighted by Gasteiger charge is 2.01. The molecule has 0 aliphatic carbocycles. The van der Waals surface area contributed by atoms with Crippen molar-refractivity contribution in [2.24, 2.45) is 32.9 Å². The molecule has 0 saturated carbocycles. The van der Waals surface area contributed by atoms with E-state index in [4.69, 9.17) is 22.9 Å². The average Bonchev–Trinajstić information content (AvgIpc) is 2.43. The van der Waals surface area contributed by atoms with Crippen LogP contribution in [0, 0.1) is 0 Å². The monoisotopic (exact) mass is 326 g/mol. The van der Waals surface area contributed by atoms with Crippen LogP contribution < -0.4 is 22.9 Å². The first-order valence-electron chi connectivity index (χ1n) is 8.16. The zero-order chi connectivity index (χ0) is 17.5. The van der Waals surface area contributed by atoms with Gasteiger partial charge in [-0.25, -0.2) is 0 Å². The number of hydrogen-bond acceptors (Lipinski definition) is 2. The molecular formula is C15H30N6O2. The summed E-state index contributed by atoms with van der Waals surface area (Å²) in [7, 11) is 0. The van der Waals surface area contributed by atoms with Crippen molar-refractivity contribution in [3.63, 3.8) is 0 Å². The quantitative estimate of drug-likeness (QED) is 0.236. The minimum absolute atomic E-state index is 0.171. The van der Waals surface area contributed by atoms with Crippen molar-refractivity contribution in [3.8, 4) is 0 Å². The summed E-state index contributed by atoms with van der Waals surface area (Å²) in [6, 6.07) is 0. The maximum absolute atomic E-state index is 11.2. The van der Waals surface area contributed by atoms with Crippen LogP contribution >= 0.6 is 0 Å². The Hall–Kier alpha value is -2.12. The molecule has 0 unspecified atom stereocenters. The van der Waals surface area contributed by atoms with E-state index in [1.54, 1.807) is 0 Å². The maximum atomic E-state index is 11.2. The number of nitrogens with two attached hydrogens (primary N) is 4. The smallest absolute Gasteiger partial charge is 0.248 e. The fourth-order valence-corrected chi connectivity index (χ4v) is 2.19. The minimum atomic E-state index is -0.250. The van der Waals surface area contributed by atoms with Crippen LogP contribution in [0.25, 0.3) is 0 Å². The molecule has 0 atom stereocenters. The molecule has 2 amide bonds. The van der Waals surface area contributed by atoms with E-state index >= 15 is 0 Å². The second-order valence-corrected chi connectivity index (χ2v) is 5.54. The average molecular weight is 326 g/mol. The summed E-state index contributed by atoms with van der Waals surface area (Å²) < 4.78 is 0. The Morgan fingerprint density at radius 1 is 0.522 bits per heavy atom. The molecule has 8 heteroatoms. The summed E-state index contributed by atoms with van der Waals surface area (Å²) in [5.41, 5.74) is 20.5. The van der Waals surface area contributed by atoms with Gasteiger partial charge in [0.1, 0.15) is 0 Å². The molecule has 8 nitrogen and oxygen atoms in total. The van der Waals surface area contributed by atoms with Gasteiger partial charge in [0.05, 0.1) is 0 Å². The third-order valence-electron chi connectivity index (χ3n) is 3.29. The molecule has 0 heterocycles. The number of rotatable bonds is 12. The number of aliphatic imine (C=N–C) groups is 2. The Bertz CT molecular complexity index is 374. The number of amides is 2. The van der Waals surface area contributed by atoms with Crippen molar-refractivity contribution >= 4 is 23.7 Å². The van der Waals surface area contributed by atoms with E-state index in [0.717, 1.165) is 51.4 Å². The van der Waals surface area contributed by atoms with Gasteiger partial charge in [-0.3, -0.25) is 9.59 Å². The van der Waals surface area contributed by atoms with E-state index in [1.165, 1.54) is 6.42 Å². The second kappa shape index (κ2) is 13.5. The van der Waals surface area contributed by atoms with Gasteiger partial charge in [-0.05, 0) is 12.8 Å². The van der Waals surface area contributed by atoms with Crippen LogP contribution in [-0.2, 0) is 9.59 Å². The topological polar surface area (TPSA) is 163 Å². The first-order chi connectivity index (χ1) is 10.9. The summed E-state index contributed by atoms with van der Waals surface area (Å²) >= 11 is 0. The molecule has 0 aromatic carbocycles. The lowest BCUT2D eigenvalue weighted by atomic mass is 10.1. The molecule has 0 aromatic heterocycles. The van der Waals surface area contributed by atoms with Crippen LogP contribution in [0.5, 0.6) is 0 Å². The van der Waals surface area contributed by atoms with Crippen LogP contribution in [-0.4, -0.2) is 23.7 Å². The Labute approximate surface area is 137 Å². The molecule has 0 aliphatic heterocycles. The second-order valence-electron chi connectivity index (χ2n) is 5.54. The molecule has 0 radical (unpaired) electrons. The van der Waals surface area contributed by atoms with Crippen molar-refractivity contribution in [1.82, 2.24) is 0 Å². The predicted octanol–water partition coefficient (Wildman–Crippen LogP) is 0.878. The van der Waals surface area contributed by atoms with Crippen LogP contribution in [0.4, 0.5) is 0 Å². The molecule has 23 heavy (non-hydrogen) atoms. The lowest BCUT2D eigenvalue weighted by molar-refractivity contribution is -0.118. The third-order valence-corrected chi connectivity index (χ3v) is 3.29. The number of hydrogen-bond donors (Lipinski definition) is 4. The fourth-order valence-electron chi connectivity index (χ4n) is 2.19. The lowest BCUT2D eigenvalue weighted by Gasteiger charge is -2.02. The summed E-state index contributed by atoms with van der Waals surface area (Å²) in [4.78, 5) is 29.3.